The van der Waals surface area contributed by atoms with Gasteiger partial charge in [-0.15, -0.1) is 0 Å². The molecule has 3 rings (SSSR count). The molecule has 1 aliphatic heterocycles. The SMILES string of the molecule is Cc1cccc(N2CCN(CCCNS(=O)(=O)c3ccc(OC(C)C)c(C)c3)CC2)c1. The molecule has 0 saturated carbocycles. The van der Waals surface area contributed by atoms with Crippen LogP contribution in [-0.2, 0) is 10.0 Å². The molecule has 0 spiro atoms. The number of rotatable bonds is 9. The summed E-state index contributed by atoms with van der Waals surface area (Å²) in [6, 6.07) is 13.6. The molecule has 1 aliphatic rings. The lowest BCUT2D eigenvalue weighted by molar-refractivity contribution is 0.240. The number of benzene rings is 2. The van der Waals surface area contributed by atoms with Crippen molar-refractivity contribution in [3.63, 3.8) is 0 Å². The molecule has 1 heterocycles. The van der Waals surface area contributed by atoms with Crippen molar-refractivity contribution in [2.45, 2.75) is 45.1 Å². The number of sulfonamides is 1. The summed E-state index contributed by atoms with van der Waals surface area (Å²) in [7, 11) is -3.51. The van der Waals surface area contributed by atoms with Crippen LogP contribution >= 0.6 is 0 Å². The van der Waals surface area contributed by atoms with Gasteiger partial charge in [0.05, 0.1) is 11.0 Å². The molecule has 1 saturated heterocycles. The van der Waals surface area contributed by atoms with Crippen molar-refractivity contribution in [2.24, 2.45) is 0 Å². The van der Waals surface area contributed by atoms with Crippen LogP contribution in [0.25, 0.3) is 0 Å². The Hall–Kier alpha value is -2.09. The van der Waals surface area contributed by atoms with E-state index in [9.17, 15) is 8.42 Å². The zero-order valence-corrected chi connectivity index (χ0v) is 19.9. The van der Waals surface area contributed by atoms with Gasteiger partial charge < -0.3 is 9.64 Å². The Bertz CT molecular complexity index is 968. The van der Waals surface area contributed by atoms with Gasteiger partial charge in [0.15, 0.2) is 0 Å². The Morgan fingerprint density at radius 1 is 1.03 bits per heavy atom. The van der Waals surface area contributed by atoms with Gasteiger partial charge in [-0.2, -0.15) is 0 Å². The minimum absolute atomic E-state index is 0.0537. The molecule has 0 aromatic heterocycles. The summed E-state index contributed by atoms with van der Waals surface area (Å²) in [5.41, 5.74) is 3.39. The first kappa shape index (κ1) is 23.6. The number of aryl methyl sites for hydroxylation is 2. The van der Waals surface area contributed by atoms with Gasteiger partial charge in [0.2, 0.25) is 10.0 Å². The van der Waals surface area contributed by atoms with Gasteiger partial charge in [-0.3, -0.25) is 4.90 Å². The molecule has 1 fully saturated rings. The smallest absolute Gasteiger partial charge is 0.240 e. The number of anilines is 1. The average molecular weight is 446 g/mol. The Kier molecular flexibility index (Phi) is 7.97. The van der Waals surface area contributed by atoms with Gasteiger partial charge in [0, 0.05) is 38.4 Å². The van der Waals surface area contributed by atoms with Crippen molar-refractivity contribution in [2.75, 3.05) is 44.2 Å². The predicted octanol–water partition coefficient (Wildman–Crippen LogP) is 3.58. The van der Waals surface area contributed by atoms with Crippen LogP contribution in [0.5, 0.6) is 5.75 Å². The average Bonchev–Trinajstić information content (AvgIpc) is 2.73. The van der Waals surface area contributed by atoms with Gasteiger partial charge in [-0.05, 0) is 82.1 Å². The second-order valence-corrected chi connectivity index (χ2v) is 10.3. The maximum atomic E-state index is 12.6. The lowest BCUT2D eigenvalue weighted by atomic mass is 10.2. The molecule has 0 aliphatic carbocycles. The van der Waals surface area contributed by atoms with Crippen LogP contribution in [0.3, 0.4) is 0 Å². The van der Waals surface area contributed by atoms with E-state index in [0.29, 0.717) is 6.54 Å². The van der Waals surface area contributed by atoms with E-state index in [1.54, 1.807) is 18.2 Å². The third kappa shape index (κ3) is 6.69. The van der Waals surface area contributed by atoms with Crippen molar-refractivity contribution in [3.8, 4) is 5.75 Å². The van der Waals surface area contributed by atoms with Crippen LogP contribution in [0.1, 0.15) is 31.4 Å². The highest BCUT2D eigenvalue weighted by atomic mass is 32.2. The number of nitrogens with zero attached hydrogens (tertiary/aromatic N) is 2. The summed E-state index contributed by atoms with van der Waals surface area (Å²) >= 11 is 0. The van der Waals surface area contributed by atoms with Crippen LogP contribution in [0.4, 0.5) is 5.69 Å². The van der Waals surface area contributed by atoms with Crippen molar-refractivity contribution >= 4 is 15.7 Å². The van der Waals surface area contributed by atoms with E-state index in [4.69, 9.17) is 4.74 Å². The molecule has 2 aromatic carbocycles. The van der Waals surface area contributed by atoms with E-state index in [-0.39, 0.29) is 11.0 Å². The van der Waals surface area contributed by atoms with Crippen LogP contribution in [0.2, 0.25) is 0 Å². The molecule has 6 nitrogen and oxygen atoms in total. The number of nitrogens with one attached hydrogen (secondary N) is 1. The lowest BCUT2D eigenvalue weighted by Crippen LogP contribution is -2.47. The molecule has 1 N–H and O–H groups in total. The minimum Gasteiger partial charge on any atom is -0.491 e. The number of hydrogen-bond donors (Lipinski definition) is 1. The maximum absolute atomic E-state index is 12.6. The van der Waals surface area contributed by atoms with E-state index in [2.05, 4.69) is 45.7 Å². The first-order chi connectivity index (χ1) is 14.7. The van der Waals surface area contributed by atoms with Crippen LogP contribution < -0.4 is 14.4 Å². The highest BCUT2D eigenvalue weighted by molar-refractivity contribution is 7.89. The van der Waals surface area contributed by atoms with Crippen LogP contribution in [-0.4, -0.2) is 58.7 Å². The van der Waals surface area contributed by atoms with Gasteiger partial charge in [0.1, 0.15) is 5.75 Å². The second-order valence-electron chi connectivity index (χ2n) is 8.51. The van der Waals surface area contributed by atoms with Crippen molar-refractivity contribution in [3.05, 3.63) is 53.6 Å². The molecular formula is C24H35N3O3S. The third-order valence-corrected chi connectivity index (χ3v) is 6.96. The van der Waals surface area contributed by atoms with Crippen LogP contribution in [0.15, 0.2) is 47.4 Å². The Morgan fingerprint density at radius 3 is 2.42 bits per heavy atom. The normalized spacial score (nSPS) is 15.5. The fourth-order valence-electron chi connectivity index (χ4n) is 3.82. The summed E-state index contributed by atoms with van der Waals surface area (Å²) < 4.78 is 33.7. The molecule has 0 radical (unpaired) electrons. The molecule has 31 heavy (non-hydrogen) atoms. The molecule has 0 bridgehead atoms. The standard InChI is InChI=1S/C24H35N3O3S/c1-19(2)30-24-10-9-23(18-21(24)4)31(28,29)25-11-6-12-26-13-15-27(16-14-26)22-8-5-7-20(3)17-22/h5,7-10,17-19,25H,6,11-16H2,1-4H3. The summed E-state index contributed by atoms with van der Waals surface area (Å²) in [5.74, 6) is 0.721. The summed E-state index contributed by atoms with van der Waals surface area (Å²) in [6.07, 6.45) is 0.843. The van der Waals surface area contributed by atoms with Gasteiger partial charge in [-0.25, -0.2) is 13.1 Å². The van der Waals surface area contributed by atoms with E-state index < -0.39 is 10.0 Å². The van der Waals surface area contributed by atoms with Gasteiger partial charge >= 0.3 is 0 Å². The summed E-state index contributed by atoms with van der Waals surface area (Å²) in [6.45, 7) is 13.2. The molecule has 2 aromatic rings. The van der Waals surface area contributed by atoms with E-state index in [1.807, 2.05) is 20.8 Å². The predicted molar refractivity (Wildman–Crippen MR) is 127 cm³/mol. The maximum Gasteiger partial charge on any atom is 0.240 e. The number of hydrogen-bond acceptors (Lipinski definition) is 5. The molecule has 7 heteroatoms. The van der Waals surface area contributed by atoms with Crippen molar-refractivity contribution in [1.82, 2.24) is 9.62 Å². The Morgan fingerprint density at radius 2 is 1.77 bits per heavy atom. The molecule has 0 unspecified atom stereocenters. The summed E-state index contributed by atoms with van der Waals surface area (Å²) in [5, 5.41) is 0. The van der Waals surface area contributed by atoms with Gasteiger partial charge in [0.25, 0.3) is 0 Å². The zero-order chi connectivity index (χ0) is 22.4. The third-order valence-electron chi connectivity index (χ3n) is 5.50. The zero-order valence-electron chi connectivity index (χ0n) is 19.1. The molecule has 0 atom stereocenters. The number of ether oxygens (including phenoxy) is 1. The van der Waals surface area contributed by atoms with E-state index >= 15 is 0 Å². The monoisotopic (exact) mass is 445 g/mol. The quantitative estimate of drug-likeness (QED) is 0.598. The molecule has 0 amide bonds. The first-order valence-corrected chi connectivity index (χ1v) is 12.5. The lowest BCUT2D eigenvalue weighted by Gasteiger charge is -2.36. The Labute approximate surface area is 187 Å². The summed E-state index contributed by atoms with van der Waals surface area (Å²) in [4.78, 5) is 5.11. The van der Waals surface area contributed by atoms with Crippen molar-refractivity contribution < 1.29 is 13.2 Å². The van der Waals surface area contributed by atoms with E-state index in [0.717, 1.165) is 50.5 Å². The minimum atomic E-state index is -3.51. The molecular weight excluding hydrogens is 410 g/mol. The number of piperazine rings is 1. The first-order valence-electron chi connectivity index (χ1n) is 11.1. The largest absolute Gasteiger partial charge is 0.491 e. The fraction of sp³-hybridized carbons (Fsp3) is 0.500. The topological polar surface area (TPSA) is 61.9 Å². The van der Waals surface area contributed by atoms with Crippen molar-refractivity contribution in [1.29, 1.82) is 0 Å². The second kappa shape index (κ2) is 10.5. The highest BCUT2D eigenvalue weighted by Gasteiger charge is 2.18. The molecule has 170 valence electrons. The fourth-order valence-corrected chi connectivity index (χ4v) is 4.98. The van der Waals surface area contributed by atoms with E-state index in [1.165, 1.54) is 11.3 Å². The van der Waals surface area contributed by atoms with Crippen LogP contribution in [0, 0.1) is 13.8 Å². The van der Waals surface area contributed by atoms with Gasteiger partial charge in [-0.1, -0.05) is 12.1 Å². The Balaban J connectivity index is 1.43. The highest BCUT2D eigenvalue weighted by Crippen LogP contribution is 2.23.